The number of thioether (sulfide) groups is 1. The summed E-state index contributed by atoms with van der Waals surface area (Å²) in [5, 5.41) is 7.79. The summed E-state index contributed by atoms with van der Waals surface area (Å²) in [6.45, 7) is 1.96. The number of hydrazone groups is 1. The molecule has 1 saturated heterocycles. The Labute approximate surface area is 155 Å². The molecule has 126 valence electrons. The number of hydrogen-bond acceptors (Lipinski definition) is 4. The van der Waals surface area contributed by atoms with Crippen molar-refractivity contribution >= 4 is 40.7 Å². The number of hydrogen-bond donors (Lipinski definition) is 0. The predicted molar refractivity (Wildman–Crippen MR) is 104 cm³/mol. The molecule has 0 aliphatic carbocycles. The molecule has 25 heavy (non-hydrogen) atoms. The van der Waals surface area contributed by atoms with Crippen molar-refractivity contribution in [3.63, 3.8) is 0 Å². The molecule has 1 fully saturated rings. The van der Waals surface area contributed by atoms with Crippen LogP contribution in [0.5, 0.6) is 0 Å². The van der Waals surface area contributed by atoms with Crippen molar-refractivity contribution in [2.24, 2.45) is 5.10 Å². The molecule has 0 N–H and O–H groups in total. The Morgan fingerprint density at radius 1 is 1.08 bits per heavy atom. The topological polar surface area (TPSA) is 35.7 Å². The zero-order valence-corrected chi connectivity index (χ0v) is 15.2. The predicted octanol–water partition coefficient (Wildman–Crippen LogP) is 3.98. The monoisotopic (exact) mass is 369 g/mol. The summed E-state index contributed by atoms with van der Waals surface area (Å²) >= 11 is 7.61. The van der Waals surface area contributed by atoms with Crippen molar-refractivity contribution in [1.82, 2.24) is 4.90 Å². The van der Waals surface area contributed by atoms with Gasteiger partial charge < -0.3 is 4.90 Å². The van der Waals surface area contributed by atoms with Crippen LogP contribution in [0.15, 0.2) is 70.3 Å². The average Bonchev–Trinajstić information content (AvgIpc) is 3.42. The maximum atomic E-state index is 13.2. The quantitative estimate of drug-likeness (QED) is 0.604. The van der Waals surface area contributed by atoms with Gasteiger partial charge in [-0.3, -0.25) is 4.79 Å². The van der Waals surface area contributed by atoms with Gasteiger partial charge in [0, 0.05) is 23.7 Å². The van der Waals surface area contributed by atoms with Gasteiger partial charge in [0.15, 0.2) is 0 Å². The van der Waals surface area contributed by atoms with Crippen LogP contribution in [0, 0.1) is 0 Å². The van der Waals surface area contributed by atoms with E-state index in [0.29, 0.717) is 16.3 Å². The van der Waals surface area contributed by atoms with Gasteiger partial charge in [0.25, 0.3) is 5.91 Å². The second-order valence-electron chi connectivity index (χ2n) is 5.78. The van der Waals surface area contributed by atoms with Crippen molar-refractivity contribution in [2.45, 2.75) is 0 Å². The first-order chi connectivity index (χ1) is 12.2. The highest BCUT2D eigenvalue weighted by Gasteiger charge is 2.37. The Kier molecular flexibility index (Phi) is 4.27. The van der Waals surface area contributed by atoms with Gasteiger partial charge in [-0.15, -0.1) is 11.8 Å². The van der Waals surface area contributed by atoms with Crippen molar-refractivity contribution in [3.8, 4) is 0 Å². The van der Waals surface area contributed by atoms with E-state index >= 15 is 0 Å². The van der Waals surface area contributed by atoms with Crippen LogP contribution in [0.4, 0.5) is 5.69 Å². The normalized spacial score (nSPS) is 18.5. The average molecular weight is 370 g/mol. The van der Waals surface area contributed by atoms with Crippen LogP contribution >= 0.6 is 23.4 Å². The van der Waals surface area contributed by atoms with E-state index in [-0.39, 0.29) is 5.91 Å². The van der Waals surface area contributed by atoms with Crippen LogP contribution < -0.4 is 5.01 Å². The summed E-state index contributed by atoms with van der Waals surface area (Å²) in [6.07, 6.45) is 2.00. The van der Waals surface area contributed by atoms with E-state index < -0.39 is 0 Å². The molecule has 0 aromatic heterocycles. The van der Waals surface area contributed by atoms with Crippen LogP contribution in [-0.4, -0.2) is 35.9 Å². The largest absolute Gasteiger partial charge is 0.362 e. The van der Waals surface area contributed by atoms with Crippen LogP contribution in [0.1, 0.15) is 5.56 Å². The lowest BCUT2D eigenvalue weighted by atomic mass is 10.0. The van der Waals surface area contributed by atoms with Crippen LogP contribution in [0.25, 0.3) is 0 Å². The maximum Gasteiger partial charge on any atom is 0.283 e. The zero-order valence-electron chi connectivity index (χ0n) is 13.6. The Morgan fingerprint density at radius 2 is 1.76 bits per heavy atom. The van der Waals surface area contributed by atoms with E-state index in [1.807, 2.05) is 60.9 Å². The van der Waals surface area contributed by atoms with Gasteiger partial charge in [-0.05, 0) is 30.5 Å². The molecule has 2 aromatic rings. The number of benzene rings is 2. The highest BCUT2D eigenvalue weighted by molar-refractivity contribution is 8.02. The number of para-hydroxylation sites is 1. The minimum absolute atomic E-state index is 0.0904. The van der Waals surface area contributed by atoms with E-state index in [9.17, 15) is 4.79 Å². The van der Waals surface area contributed by atoms with Gasteiger partial charge in [-0.1, -0.05) is 41.9 Å². The Morgan fingerprint density at radius 3 is 2.36 bits per heavy atom. The summed E-state index contributed by atoms with van der Waals surface area (Å²) in [6, 6.07) is 17.0. The highest BCUT2D eigenvalue weighted by Crippen LogP contribution is 2.35. The number of halogens is 1. The van der Waals surface area contributed by atoms with Crippen molar-refractivity contribution < 1.29 is 4.79 Å². The summed E-state index contributed by atoms with van der Waals surface area (Å²) < 4.78 is 0. The van der Waals surface area contributed by atoms with Gasteiger partial charge >= 0.3 is 0 Å². The molecule has 0 bridgehead atoms. The van der Waals surface area contributed by atoms with Crippen LogP contribution in [0.3, 0.4) is 0 Å². The zero-order chi connectivity index (χ0) is 17.4. The maximum absolute atomic E-state index is 13.2. The second-order valence-corrected chi connectivity index (χ2v) is 7.01. The van der Waals surface area contributed by atoms with E-state index in [2.05, 4.69) is 10.0 Å². The lowest BCUT2D eigenvalue weighted by molar-refractivity contribution is -0.114. The SMILES string of the molecule is CSC(=C1C(=O)N(c2ccccc2)N=C1c1ccc(Cl)cc1)N1CC1. The fourth-order valence-electron chi connectivity index (χ4n) is 2.79. The molecule has 0 atom stereocenters. The minimum Gasteiger partial charge on any atom is -0.362 e. The molecule has 4 rings (SSSR count). The molecule has 2 aromatic carbocycles. The highest BCUT2D eigenvalue weighted by atomic mass is 35.5. The molecule has 0 unspecified atom stereocenters. The first kappa shape index (κ1) is 16.2. The molecule has 2 heterocycles. The third-order valence-electron chi connectivity index (χ3n) is 4.10. The lowest BCUT2D eigenvalue weighted by Gasteiger charge is -2.13. The van der Waals surface area contributed by atoms with Gasteiger partial charge in [-0.2, -0.15) is 10.1 Å². The van der Waals surface area contributed by atoms with Crippen molar-refractivity contribution in [1.29, 1.82) is 0 Å². The molecule has 0 spiro atoms. The van der Waals surface area contributed by atoms with Gasteiger partial charge in [0.05, 0.1) is 16.3 Å². The van der Waals surface area contributed by atoms with E-state index in [0.717, 1.165) is 29.4 Å². The van der Waals surface area contributed by atoms with Gasteiger partial charge in [0.1, 0.15) is 5.71 Å². The Hall–Kier alpha value is -2.24. The first-order valence-electron chi connectivity index (χ1n) is 7.96. The number of nitrogens with zero attached hydrogens (tertiary/aromatic N) is 3. The van der Waals surface area contributed by atoms with E-state index in [1.54, 1.807) is 11.8 Å². The number of carbonyl (C=O) groups excluding carboxylic acids is 1. The first-order valence-corrected chi connectivity index (χ1v) is 9.57. The Bertz CT molecular complexity index is 873. The molecule has 2 aliphatic heterocycles. The second kappa shape index (κ2) is 6.58. The third kappa shape index (κ3) is 3.05. The smallest absolute Gasteiger partial charge is 0.283 e. The molecule has 2 aliphatic rings. The summed E-state index contributed by atoms with van der Waals surface area (Å²) in [5.41, 5.74) is 3.01. The molecule has 1 amide bonds. The summed E-state index contributed by atoms with van der Waals surface area (Å²) in [4.78, 5) is 15.4. The van der Waals surface area contributed by atoms with Crippen molar-refractivity contribution in [2.75, 3.05) is 24.4 Å². The molecule has 0 radical (unpaired) electrons. The lowest BCUT2D eigenvalue weighted by Crippen LogP contribution is -2.23. The van der Waals surface area contributed by atoms with Crippen LogP contribution in [0.2, 0.25) is 5.02 Å². The number of anilines is 1. The van der Waals surface area contributed by atoms with Crippen LogP contribution in [-0.2, 0) is 4.79 Å². The molecular weight excluding hydrogens is 354 g/mol. The molecule has 4 nitrogen and oxygen atoms in total. The standard InChI is InChI=1S/C19H16ClN3OS/c1-25-19(22-11-12-22)16-17(13-7-9-14(20)10-8-13)21-23(18(16)24)15-5-3-2-4-6-15/h2-10H,11-12H2,1H3. The fraction of sp³-hybridized carbons (Fsp3) is 0.158. The summed E-state index contributed by atoms with van der Waals surface area (Å²) in [5.74, 6) is -0.0904. The fourth-order valence-corrected chi connectivity index (χ4v) is 3.75. The Balaban J connectivity index is 1.86. The van der Waals surface area contributed by atoms with Crippen molar-refractivity contribution in [3.05, 3.63) is 75.8 Å². The third-order valence-corrected chi connectivity index (χ3v) is 5.20. The van der Waals surface area contributed by atoms with E-state index in [4.69, 9.17) is 11.6 Å². The molecular formula is C19H16ClN3OS. The van der Waals surface area contributed by atoms with Gasteiger partial charge in [-0.25, -0.2) is 0 Å². The number of carbonyl (C=O) groups is 1. The number of rotatable bonds is 4. The molecule has 6 heteroatoms. The minimum atomic E-state index is -0.0904. The summed E-state index contributed by atoms with van der Waals surface area (Å²) in [7, 11) is 0. The van der Waals surface area contributed by atoms with E-state index in [1.165, 1.54) is 5.01 Å². The molecule has 0 saturated carbocycles. The number of amides is 1. The van der Waals surface area contributed by atoms with Gasteiger partial charge in [0.2, 0.25) is 0 Å².